The van der Waals surface area contributed by atoms with Crippen molar-refractivity contribution >= 4 is 29.9 Å². The molecule has 0 aromatic heterocycles. The molecule has 2 unspecified atom stereocenters. The Morgan fingerprint density at radius 3 is 2.64 bits per heavy atom. The number of hydrogen-bond acceptors (Lipinski definition) is 3. The molecule has 1 aliphatic rings. The van der Waals surface area contributed by atoms with Crippen molar-refractivity contribution in [3.05, 3.63) is 35.9 Å². The molecule has 0 aliphatic carbocycles. The molecule has 1 aromatic carbocycles. The summed E-state index contributed by atoms with van der Waals surface area (Å²) in [6.45, 7) is 6.45. The molecule has 1 aliphatic heterocycles. The van der Waals surface area contributed by atoms with Crippen molar-refractivity contribution in [1.82, 2.24) is 20.4 Å². The fourth-order valence-corrected chi connectivity index (χ4v) is 3.23. The molecular formula is C19H34IN5. The van der Waals surface area contributed by atoms with Gasteiger partial charge >= 0.3 is 0 Å². The molecular weight excluding hydrogens is 425 g/mol. The average molecular weight is 459 g/mol. The second-order valence-corrected chi connectivity index (χ2v) is 7.00. The van der Waals surface area contributed by atoms with Gasteiger partial charge in [-0.1, -0.05) is 30.3 Å². The van der Waals surface area contributed by atoms with E-state index in [0.29, 0.717) is 12.1 Å². The molecule has 1 fully saturated rings. The summed E-state index contributed by atoms with van der Waals surface area (Å²) in [5, 5.41) is 7.01. The summed E-state index contributed by atoms with van der Waals surface area (Å²) >= 11 is 0. The van der Waals surface area contributed by atoms with Crippen LogP contribution in [0.4, 0.5) is 0 Å². The monoisotopic (exact) mass is 459 g/mol. The lowest BCUT2D eigenvalue weighted by Gasteiger charge is -2.21. The average Bonchev–Trinajstić information content (AvgIpc) is 2.90. The number of nitrogens with zero attached hydrogens (tertiary/aromatic N) is 3. The number of aliphatic imine (C=N–C) groups is 1. The van der Waals surface area contributed by atoms with Crippen LogP contribution in [-0.2, 0) is 6.54 Å². The Morgan fingerprint density at radius 2 is 2.00 bits per heavy atom. The van der Waals surface area contributed by atoms with E-state index in [0.717, 1.165) is 45.0 Å². The largest absolute Gasteiger partial charge is 0.356 e. The van der Waals surface area contributed by atoms with Crippen LogP contribution in [0.1, 0.15) is 25.3 Å². The van der Waals surface area contributed by atoms with Gasteiger partial charge in [0, 0.05) is 38.8 Å². The zero-order valence-corrected chi connectivity index (χ0v) is 18.4. The number of nitrogens with one attached hydrogen (secondary N) is 2. The summed E-state index contributed by atoms with van der Waals surface area (Å²) in [6, 6.07) is 11.8. The molecule has 0 spiro atoms. The third-order valence-corrected chi connectivity index (χ3v) is 4.57. The summed E-state index contributed by atoms with van der Waals surface area (Å²) in [5.41, 5.74) is 1.39. The standard InChI is InChI=1S/C19H33N5.HI/c1-16-13-18(15-24(16)14-17-9-6-5-7-10-17)22-19(20-2)21-11-8-12-23(3)4;/h5-7,9-10,16,18H,8,11-15H2,1-4H3,(H2,20,21,22);1H. The van der Waals surface area contributed by atoms with Gasteiger partial charge in [0.1, 0.15) is 0 Å². The molecule has 2 atom stereocenters. The van der Waals surface area contributed by atoms with E-state index in [1.807, 2.05) is 7.05 Å². The molecule has 1 aromatic rings. The highest BCUT2D eigenvalue weighted by atomic mass is 127. The molecule has 0 saturated carbocycles. The van der Waals surface area contributed by atoms with E-state index in [2.05, 4.69) is 76.8 Å². The Morgan fingerprint density at radius 1 is 1.28 bits per heavy atom. The molecule has 0 radical (unpaired) electrons. The van der Waals surface area contributed by atoms with Gasteiger partial charge in [0.25, 0.3) is 0 Å². The molecule has 142 valence electrons. The first kappa shape index (κ1) is 22.2. The number of benzene rings is 1. The number of halogens is 1. The van der Waals surface area contributed by atoms with Gasteiger partial charge in [0.2, 0.25) is 0 Å². The third-order valence-electron chi connectivity index (χ3n) is 4.57. The first-order chi connectivity index (χ1) is 11.6. The fourth-order valence-electron chi connectivity index (χ4n) is 3.23. The number of rotatable bonds is 7. The van der Waals surface area contributed by atoms with Gasteiger partial charge in [-0.3, -0.25) is 9.89 Å². The molecule has 2 N–H and O–H groups in total. The van der Waals surface area contributed by atoms with Crippen LogP contribution < -0.4 is 10.6 Å². The van der Waals surface area contributed by atoms with Crippen LogP contribution in [0, 0.1) is 0 Å². The van der Waals surface area contributed by atoms with Crippen LogP contribution in [0.25, 0.3) is 0 Å². The highest BCUT2D eigenvalue weighted by Crippen LogP contribution is 2.20. The summed E-state index contributed by atoms with van der Waals surface area (Å²) in [5.74, 6) is 0.924. The maximum Gasteiger partial charge on any atom is 0.191 e. The highest BCUT2D eigenvalue weighted by molar-refractivity contribution is 14.0. The lowest BCUT2D eigenvalue weighted by Crippen LogP contribution is -2.45. The van der Waals surface area contributed by atoms with Gasteiger partial charge < -0.3 is 15.5 Å². The predicted molar refractivity (Wildman–Crippen MR) is 118 cm³/mol. The van der Waals surface area contributed by atoms with Gasteiger partial charge in [-0.15, -0.1) is 24.0 Å². The maximum absolute atomic E-state index is 4.36. The molecule has 25 heavy (non-hydrogen) atoms. The Hall–Kier alpha value is -0.860. The molecule has 1 saturated heterocycles. The molecule has 0 bridgehead atoms. The summed E-state index contributed by atoms with van der Waals surface area (Å²) < 4.78 is 0. The first-order valence-electron chi connectivity index (χ1n) is 8.98. The van der Waals surface area contributed by atoms with Crippen molar-refractivity contribution < 1.29 is 0 Å². The smallest absolute Gasteiger partial charge is 0.191 e. The quantitative estimate of drug-likeness (QED) is 0.285. The van der Waals surface area contributed by atoms with E-state index >= 15 is 0 Å². The van der Waals surface area contributed by atoms with Crippen LogP contribution in [-0.4, -0.2) is 68.6 Å². The van der Waals surface area contributed by atoms with E-state index in [9.17, 15) is 0 Å². The van der Waals surface area contributed by atoms with Crippen LogP contribution in [0.3, 0.4) is 0 Å². The van der Waals surface area contributed by atoms with E-state index in [1.54, 1.807) is 0 Å². The Balaban J connectivity index is 0.00000312. The van der Waals surface area contributed by atoms with Gasteiger partial charge in [-0.25, -0.2) is 0 Å². The molecule has 1 heterocycles. The van der Waals surface area contributed by atoms with Crippen molar-refractivity contribution in [3.8, 4) is 0 Å². The normalized spacial score (nSPS) is 21.2. The van der Waals surface area contributed by atoms with Crippen molar-refractivity contribution in [2.24, 2.45) is 4.99 Å². The molecule has 0 amide bonds. The van der Waals surface area contributed by atoms with Gasteiger partial charge in [-0.2, -0.15) is 0 Å². The zero-order chi connectivity index (χ0) is 17.4. The second kappa shape index (κ2) is 11.7. The van der Waals surface area contributed by atoms with Crippen molar-refractivity contribution in [3.63, 3.8) is 0 Å². The van der Waals surface area contributed by atoms with E-state index in [4.69, 9.17) is 0 Å². The van der Waals surface area contributed by atoms with Crippen LogP contribution in [0.15, 0.2) is 35.3 Å². The fraction of sp³-hybridized carbons (Fsp3) is 0.632. The van der Waals surface area contributed by atoms with Gasteiger partial charge in [0.15, 0.2) is 5.96 Å². The molecule has 2 rings (SSSR count). The first-order valence-corrected chi connectivity index (χ1v) is 8.98. The maximum atomic E-state index is 4.36. The minimum absolute atomic E-state index is 0. The Bertz CT molecular complexity index is 506. The van der Waals surface area contributed by atoms with Crippen LogP contribution in [0.5, 0.6) is 0 Å². The topological polar surface area (TPSA) is 42.9 Å². The predicted octanol–water partition coefficient (Wildman–Crippen LogP) is 2.38. The van der Waals surface area contributed by atoms with Crippen molar-refractivity contribution in [1.29, 1.82) is 0 Å². The lowest BCUT2D eigenvalue weighted by atomic mass is 10.2. The van der Waals surface area contributed by atoms with E-state index in [-0.39, 0.29) is 24.0 Å². The third kappa shape index (κ3) is 7.92. The minimum atomic E-state index is 0. The van der Waals surface area contributed by atoms with Crippen molar-refractivity contribution in [2.75, 3.05) is 40.8 Å². The number of likely N-dealkylation sites (tertiary alicyclic amines) is 1. The molecule has 5 nitrogen and oxygen atoms in total. The van der Waals surface area contributed by atoms with Crippen LogP contribution >= 0.6 is 24.0 Å². The van der Waals surface area contributed by atoms with Gasteiger partial charge in [0.05, 0.1) is 0 Å². The molecule has 6 heteroatoms. The number of guanidine groups is 1. The highest BCUT2D eigenvalue weighted by Gasteiger charge is 2.29. The summed E-state index contributed by atoms with van der Waals surface area (Å²) in [4.78, 5) is 9.12. The SMILES string of the molecule is CN=C(NCCCN(C)C)NC1CC(C)N(Cc2ccccc2)C1.I. The Kier molecular flexibility index (Phi) is 10.4. The second-order valence-electron chi connectivity index (χ2n) is 7.00. The number of hydrogen-bond donors (Lipinski definition) is 2. The van der Waals surface area contributed by atoms with Crippen LogP contribution in [0.2, 0.25) is 0 Å². The zero-order valence-electron chi connectivity index (χ0n) is 16.0. The Labute approximate surface area is 170 Å². The summed E-state index contributed by atoms with van der Waals surface area (Å²) in [6.07, 6.45) is 2.28. The van der Waals surface area contributed by atoms with E-state index < -0.39 is 0 Å². The minimum Gasteiger partial charge on any atom is -0.356 e. The lowest BCUT2D eigenvalue weighted by molar-refractivity contribution is 0.258. The van der Waals surface area contributed by atoms with E-state index in [1.165, 1.54) is 5.56 Å². The summed E-state index contributed by atoms with van der Waals surface area (Å²) in [7, 11) is 6.06. The van der Waals surface area contributed by atoms with Gasteiger partial charge in [-0.05, 0) is 46.0 Å². The van der Waals surface area contributed by atoms with Crippen molar-refractivity contribution in [2.45, 2.75) is 38.4 Å².